The zero-order valence-corrected chi connectivity index (χ0v) is 15.0. The molecule has 1 unspecified atom stereocenters. The third-order valence-corrected chi connectivity index (χ3v) is 3.66. The molecule has 7 heteroatoms. The van der Waals surface area contributed by atoms with Gasteiger partial charge < -0.3 is 20.7 Å². The first-order chi connectivity index (χ1) is 11.9. The number of hydrogen-bond acceptors (Lipinski definition) is 3. The van der Waals surface area contributed by atoms with Gasteiger partial charge in [-0.3, -0.25) is 4.79 Å². The molecule has 0 fully saturated rings. The van der Waals surface area contributed by atoms with Crippen LogP contribution in [0.3, 0.4) is 0 Å². The van der Waals surface area contributed by atoms with Crippen molar-refractivity contribution >= 4 is 34.9 Å². The highest BCUT2D eigenvalue weighted by Gasteiger charge is 2.16. The molecule has 0 aliphatic carbocycles. The van der Waals surface area contributed by atoms with Crippen LogP contribution in [0.25, 0.3) is 0 Å². The number of urea groups is 1. The van der Waals surface area contributed by atoms with E-state index in [1.807, 2.05) is 6.92 Å². The van der Waals surface area contributed by atoms with Crippen molar-refractivity contribution in [3.63, 3.8) is 0 Å². The topological polar surface area (TPSA) is 79.5 Å². The first kappa shape index (κ1) is 18.6. The van der Waals surface area contributed by atoms with Gasteiger partial charge >= 0.3 is 6.03 Å². The van der Waals surface area contributed by atoms with Gasteiger partial charge in [0.2, 0.25) is 0 Å². The molecule has 2 aromatic carbocycles. The summed E-state index contributed by atoms with van der Waals surface area (Å²) in [6, 6.07) is 11.7. The number of carbonyl (C=O) groups excluding carboxylic acids is 2. The second-order valence-electron chi connectivity index (χ2n) is 5.44. The maximum absolute atomic E-state index is 12.3. The SMILES string of the molecule is CNC(=O)Nc1cccc(NC(=O)C(C)Oc2ccc(Cl)cc2C)c1. The third-order valence-electron chi connectivity index (χ3n) is 3.42. The highest BCUT2D eigenvalue weighted by atomic mass is 35.5. The highest BCUT2D eigenvalue weighted by molar-refractivity contribution is 6.30. The van der Waals surface area contributed by atoms with E-state index in [4.69, 9.17) is 16.3 Å². The van der Waals surface area contributed by atoms with Gasteiger partial charge in [0.25, 0.3) is 5.91 Å². The second-order valence-corrected chi connectivity index (χ2v) is 5.88. The summed E-state index contributed by atoms with van der Waals surface area (Å²) in [5.41, 5.74) is 1.98. The van der Waals surface area contributed by atoms with Crippen LogP contribution in [0.15, 0.2) is 42.5 Å². The van der Waals surface area contributed by atoms with E-state index in [1.165, 1.54) is 7.05 Å². The zero-order valence-electron chi connectivity index (χ0n) is 14.2. The van der Waals surface area contributed by atoms with Crippen LogP contribution in [0.4, 0.5) is 16.2 Å². The number of ether oxygens (including phenoxy) is 1. The average molecular weight is 362 g/mol. The van der Waals surface area contributed by atoms with Gasteiger partial charge in [-0.05, 0) is 55.8 Å². The monoisotopic (exact) mass is 361 g/mol. The lowest BCUT2D eigenvalue weighted by atomic mass is 10.2. The van der Waals surface area contributed by atoms with Gasteiger partial charge in [0, 0.05) is 23.4 Å². The molecule has 2 rings (SSSR count). The van der Waals surface area contributed by atoms with E-state index in [9.17, 15) is 9.59 Å². The quantitative estimate of drug-likeness (QED) is 0.757. The van der Waals surface area contributed by atoms with Crippen LogP contribution >= 0.6 is 11.6 Å². The van der Waals surface area contributed by atoms with E-state index in [1.54, 1.807) is 49.4 Å². The summed E-state index contributed by atoms with van der Waals surface area (Å²) in [7, 11) is 1.53. The fourth-order valence-corrected chi connectivity index (χ4v) is 2.33. The molecule has 132 valence electrons. The molecule has 3 amide bonds. The van der Waals surface area contributed by atoms with Crippen LogP contribution in [-0.2, 0) is 4.79 Å². The summed E-state index contributed by atoms with van der Waals surface area (Å²) >= 11 is 5.92. The molecular weight excluding hydrogens is 342 g/mol. The Kier molecular flexibility index (Phi) is 6.25. The van der Waals surface area contributed by atoms with Gasteiger partial charge in [-0.15, -0.1) is 0 Å². The molecule has 3 N–H and O–H groups in total. The molecule has 0 radical (unpaired) electrons. The third kappa shape index (κ3) is 5.39. The Morgan fingerprint density at radius 2 is 1.76 bits per heavy atom. The Morgan fingerprint density at radius 1 is 1.08 bits per heavy atom. The average Bonchev–Trinajstić information content (AvgIpc) is 2.57. The normalized spacial score (nSPS) is 11.4. The van der Waals surface area contributed by atoms with Crippen LogP contribution < -0.4 is 20.7 Å². The molecule has 25 heavy (non-hydrogen) atoms. The fourth-order valence-electron chi connectivity index (χ4n) is 2.10. The number of rotatable bonds is 5. The van der Waals surface area contributed by atoms with E-state index < -0.39 is 6.10 Å². The first-order valence-electron chi connectivity index (χ1n) is 7.71. The van der Waals surface area contributed by atoms with E-state index in [0.717, 1.165) is 5.56 Å². The van der Waals surface area contributed by atoms with E-state index in [2.05, 4.69) is 16.0 Å². The van der Waals surface area contributed by atoms with Crippen molar-refractivity contribution in [3.05, 3.63) is 53.1 Å². The van der Waals surface area contributed by atoms with E-state index in [-0.39, 0.29) is 11.9 Å². The highest BCUT2D eigenvalue weighted by Crippen LogP contribution is 2.23. The van der Waals surface area contributed by atoms with Crippen molar-refractivity contribution in [2.45, 2.75) is 20.0 Å². The van der Waals surface area contributed by atoms with Gasteiger partial charge in [-0.2, -0.15) is 0 Å². The minimum atomic E-state index is -0.699. The molecule has 0 aromatic heterocycles. The summed E-state index contributed by atoms with van der Waals surface area (Å²) < 4.78 is 5.70. The largest absolute Gasteiger partial charge is 0.481 e. The van der Waals surface area contributed by atoms with Crippen LogP contribution in [0, 0.1) is 6.92 Å². The Labute approximate surface area is 151 Å². The number of halogens is 1. The first-order valence-corrected chi connectivity index (χ1v) is 8.09. The van der Waals surface area contributed by atoms with Crippen LogP contribution in [-0.4, -0.2) is 25.1 Å². The molecule has 0 saturated heterocycles. The van der Waals surface area contributed by atoms with Gasteiger partial charge in [0.15, 0.2) is 6.10 Å². The van der Waals surface area contributed by atoms with E-state index >= 15 is 0 Å². The molecule has 0 heterocycles. The smallest absolute Gasteiger partial charge is 0.318 e. The summed E-state index contributed by atoms with van der Waals surface area (Å²) in [6.45, 7) is 3.52. The summed E-state index contributed by atoms with van der Waals surface area (Å²) in [6.07, 6.45) is -0.699. The summed E-state index contributed by atoms with van der Waals surface area (Å²) in [5.74, 6) is 0.300. The standard InChI is InChI=1S/C18H20ClN3O3/c1-11-9-13(19)7-8-16(11)25-12(2)17(23)21-14-5-4-6-15(10-14)22-18(24)20-3/h4-10,12H,1-3H3,(H,21,23)(H2,20,22,24). The second kappa shape index (κ2) is 8.39. The Morgan fingerprint density at radius 3 is 2.40 bits per heavy atom. The van der Waals surface area contributed by atoms with Crippen molar-refractivity contribution in [1.82, 2.24) is 5.32 Å². The maximum Gasteiger partial charge on any atom is 0.318 e. The van der Waals surface area contributed by atoms with Gasteiger partial charge in [0.05, 0.1) is 0 Å². The number of benzene rings is 2. The number of carbonyl (C=O) groups is 2. The minimum Gasteiger partial charge on any atom is -0.481 e. The van der Waals surface area contributed by atoms with Gasteiger partial charge in [-0.25, -0.2) is 4.79 Å². The van der Waals surface area contributed by atoms with Crippen LogP contribution in [0.2, 0.25) is 5.02 Å². The van der Waals surface area contributed by atoms with Crippen molar-refractivity contribution in [2.75, 3.05) is 17.7 Å². The number of aryl methyl sites for hydroxylation is 1. The molecule has 1 atom stereocenters. The molecule has 0 aliphatic heterocycles. The number of hydrogen-bond donors (Lipinski definition) is 3. The minimum absolute atomic E-state index is 0.300. The number of nitrogens with one attached hydrogen (secondary N) is 3. The zero-order chi connectivity index (χ0) is 18.4. The Hall–Kier alpha value is -2.73. The summed E-state index contributed by atoms with van der Waals surface area (Å²) in [4.78, 5) is 23.7. The van der Waals surface area contributed by atoms with Crippen LogP contribution in [0.1, 0.15) is 12.5 Å². The lowest BCUT2D eigenvalue weighted by Crippen LogP contribution is -2.30. The van der Waals surface area contributed by atoms with Gasteiger partial charge in [0.1, 0.15) is 5.75 Å². The maximum atomic E-state index is 12.3. The molecule has 0 saturated carbocycles. The van der Waals surface area contributed by atoms with Crippen molar-refractivity contribution in [2.24, 2.45) is 0 Å². The van der Waals surface area contributed by atoms with Crippen LogP contribution in [0.5, 0.6) is 5.75 Å². The number of amides is 3. The molecule has 0 aliphatic rings. The van der Waals surface area contributed by atoms with Crippen molar-refractivity contribution in [3.8, 4) is 5.75 Å². The Bertz CT molecular complexity index is 780. The summed E-state index contributed by atoms with van der Waals surface area (Å²) in [5, 5.41) is 8.48. The lowest BCUT2D eigenvalue weighted by molar-refractivity contribution is -0.122. The molecule has 0 bridgehead atoms. The number of anilines is 2. The van der Waals surface area contributed by atoms with Crippen molar-refractivity contribution < 1.29 is 14.3 Å². The predicted octanol–water partition coefficient (Wildman–Crippen LogP) is 3.81. The Balaban J connectivity index is 2.01. The van der Waals surface area contributed by atoms with Crippen molar-refractivity contribution in [1.29, 1.82) is 0 Å². The molecule has 2 aromatic rings. The fraction of sp³-hybridized carbons (Fsp3) is 0.222. The molecule has 6 nitrogen and oxygen atoms in total. The molecular formula is C18H20ClN3O3. The van der Waals surface area contributed by atoms with E-state index in [0.29, 0.717) is 22.1 Å². The molecule has 0 spiro atoms. The predicted molar refractivity (Wildman–Crippen MR) is 99.4 cm³/mol. The lowest BCUT2D eigenvalue weighted by Gasteiger charge is -2.16. The van der Waals surface area contributed by atoms with Gasteiger partial charge in [-0.1, -0.05) is 17.7 Å².